The van der Waals surface area contributed by atoms with Crippen molar-refractivity contribution in [3.63, 3.8) is 0 Å². The fourth-order valence-electron chi connectivity index (χ4n) is 5.06. The van der Waals surface area contributed by atoms with Crippen LogP contribution in [0.1, 0.15) is 30.9 Å². The maximum Gasteiger partial charge on any atom is 0.352 e. The van der Waals surface area contributed by atoms with Crippen LogP contribution in [0.4, 0.5) is 5.82 Å². The molecule has 5 rings (SSSR count). The van der Waals surface area contributed by atoms with Crippen molar-refractivity contribution in [2.24, 2.45) is 11.8 Å². The van der Waals surface area contributed by atoms with Crippen molar-refractivity contribution < 1.29 is 34.0 Å². The second-order valence-corrected chi connectivity index (χ2v) is 11.8. The molecule has 176 valence electrons. The standard InChI is InChI=1S/C19H25ClN3O7PS/c1-31(26,27)30-28-7-12-14(24)15(25)16(29-12)11-8-32-17-13(11)21-19(20)22-18(17)23-5-9-3-2-4-10(9)6-23/h8-10,12,14-16,24-25H,2-7H2,1H3,(H,26,27)/t9?,10?,12-,14-,15-,16-/m1/s1. The van der Waals surface area contributed by atoms with Crippen LogP contribution in [0.3, 0.4) is 0 Å². The molecule has 3 fully saturated rings. The summed E-state index contributed by atoms with van der Waals surface area (Å²) < 4.78 is 22.3. The number of halogens is 1. The lowest BCUT2D eigenvalue weighted by Gasteiger charge is -2.19. The lowest BCUT2D eigenvalue weighted by atomic mass is 10.0. The number of hydrogen-bond acceptors (Lipinski definition) is 10. The van der Waals surface area contributed by atoms with E-state index < -0.39 is 32.0 Å². The van der Waals surface area contributed by atoms with E-state index >= 15 is 0 Å². The molecule has 10 nitrogen and oxygen atoms in total. The number of anilines is 1. The molecule has 2 aromatic rings. The molecule has 1 saturated carbocycles. The van der Waals surface area contributed by atoms with E-state index in [9.17, 15) is 14.8 Å². The van der Waals surface area contributed by atoms with Gasteiger partial charge >= 0.3 is 7.60 Å². The van der Waals surface area contributed by atoms with E-state index in [1.165, 1.54) is 30.6 Å². The van der Waals surface area contributed by atoms with Gasteiger partial charge in [0, 0.05) is 25.3 Å². The molecule has 0 spiro atoms. The lowest BCUT2D eigenvalue weighted by molar-refractivity contribution is -0.236. The van der Waals surface area contributed by atoms with Crippen LogP contribution in [0, 0.1) is 11.8 Å². The first-order chi connectivity index (χ1) is 15.2. The van der Waals surface area contributed by atoms with Gasteiger partial charge in [-0.1, -0.05) is 6.42 Å². The van der Waals surface area contributed by atoms with Gasteiger partial charge in [0.05, 0.1) is 10.2 Å². The highest BCUT2D eigenvalue weighted by Crippen LogP contribution is 2.45. The molecule has 3 aliphatic rings. The minimum Gasteiger partial charge on any atom is -0.387 e. The topological polar surface area (TPSA) is 134 Å². The number of nitrogens with zero attached hydrogens (tertiary/aromatic N) is 3. The summed E-state index contributed by atoms with van der Waals surface area (Å²) in [5.74, 6) is 2.18. The van der Waals surface area contributed by atoms with Gasteiger partial charge in [-0.3, -0.25) is 4.57 Å². The zero-order valence-electron chi connectivity index (χ0n) is 17.3. The van der Waals surface area contributed by atoms with E-state index in [-0.39, 0.29) is 11.9 Å². The van der Waals surface area contributed by atoms with Crippen LogP contribution in [-0.2, 0) is 18.9 Å². The van der Waals surface area contributed by atoms with Crippen LogP contribution in [0.2, 0.25) is 5.28 Å². The fraction of sp³-hybridized carbons (Fsp3) is 0.684. The molecule has 2 aliphatic heterocycles. The highest BCUT2D eigenvalue weighted by Gasteiger charge is 2.45. The van der Waals surface area contributed by atoms with Gasteiger partial charge in [0.2, 0.25) is 5.28 Å². The molecule has 3 unspecified atom stereocenters. The van der Waals surface area contributed by atoms with E-state index in [1.54, 1.807) is 0 Å². The van der Waals surface area contributed by atoms with Crippen LogP contribution in [0.5, 0.6) is 0 Å². The zero-order chi connectivity index (χ0) is 22.6. The smallest absolute Gasteiger partial charge is 0.352 e. The van der Waals surface area contributed by atoms with Crippen LogP contribution in [-0.4, -0.2) is 69.7 Å². The van der Waals surface area contributed by atoms with Gasteiger partial charge in [-0.2, -0.15) is 4.98 Å². The summed E-state index contributed by atoms with van der Waals surface area (Å²) >= 11 is 7.73. The summed E-state index contributed by atoms with van der Waals surface area (Å²) in [5, 5.41) is 23.0. The Kier molecular flexibility index (Phi) is 6.24. The van der Waals surface area contributed by atoms with Crippen LogP contribution < -0.4 is 4.90 Å². The van der Waals surface area contributed by atoms with Crippen molar-refractivity contribution in [3.8, 4) is 0 Å². The maximum atomic E-state index is 11.2. The monoisotopic (exact) mass is 505 g/mol. The molecule has 0 radical (unpaired) electrons. The van der Waals surface area contributed by atoms with Gasteiger partial charge < -0.3 is 24.7 Å². The largest absolute Gasteiger partial charge is 0.387 e. The molecule has 0 bridgehead atoms. The first kappa shape index (κ1) is 22.9. The molecule has 13 heteroatoms. The van der Waals surface area contributed by atoms with Gasteiger partial charge in [0.1, 0.15) is 31.0 Å². The number of thiophene rings is 1. The summed E-state index contributed by atoms with van der Waals surface area (Å²) in [6, 6.07) is 0. The van der Waals surface area contributed by atoms with E-state index in [1.807, 2.05) is 5.38 Å². The highest BCUT2D eigenvalue weighted by molar-refractivity contribution is 7.51. The summed E-state index contributed by atoms with van der Waals surface area (Å²) in [4.78, 5) is 25.1. The quantitative estimate of drug-likeness (QED) is 0.232. The summed E-state index contributed by atoms with van der Waals surface area (Å²) in [6.45, 7) is 2.55. The van der Waals surface area contributed by atoms with E-state index in [0.717, 1.165) is 30.3 Å². The zero-order valence-corrected chi connectivity index (χ0v) is 19.8. The maximum absolute atomic E-state index is 11.2. The Morgan fingerprint density at radius 1 is 1.28 bits per heavy atom. The summed E-state index contributed by atoms with van der Waals surface area (Å²) in [5.41, 5.74) is 1.19. The van der Waals surface area contributed by atoms with Crippen molar-refractivity contribution in [2.45, 2.75) is 43.7 Å². The summed E-state index contributed by atoms with van der Waals surface area (Å²) in [7, 11) is -3.84. The van der Waals surface area contributed by atoms with Gasteiger partial charge in [-0.25, -0.2) is 9.87 Å². The molecule has 0 aromatic carbocycles. The molecule has 4 heterocycles. The van der Waals surface area contributed by atoms with Gasteiger partial charge in [-0.05, 0) is 41.7 Å². The first-order valence-electron chi connectivity index (χ1n) is 10.5. The predicted molar refractivity (Wildman–Crippen MR) is 118 cm³/mol. The summed E-state index contributed by atoms with van der Waals surface area (Å²) in [6.07, 6.45) is -0.561. The number of fused-ring (bicyclic) bond motifs is 2. The van der Waals surface area contributed by atoms with E-state index in [2.05, 4.69) is 19.5 Å². The Morgan fingerprint density at radius 3 is 2.69 bits per heavy atom. The molecule has 32 heavy (non-hydrogen) atoms. The van der Waals surface area contributed by atoms with Crippen molar-refractivity contribution in [1.29, 1.82) is 0 Å². The normalized spacial score (nSPS) is 34.3. The second-order valence-electron chi connectivity index (χ2n) is 8.78. The van der Waals surface area contributed by atoms with Crippen molar-refractivity contribution in [2.75, 3.05) is 31.3 Å². The molecular weight excluding hydrogens is 481 g/mol. The molecule has 1 aliphatic carbocycles. The Hall–Kier alpha value is -0.880. The fourth-order valence-corrected chi connectivity index (χ4v) is 6.52. The second kappa shape index (κ2) is 8.72. The minimum atomic E-state index is -3.84. The van der Waals surface area contributed by atoms with Crippen molar-refractivity contribution >= 4 is 46.6 Å². The van der Waals surface area contributed by atoms with Crippen LogP contribution >= 0.6 is 30.5 Å². The Bertz CT molecular complexity index is 1040. The first-order valence-corrected chi connectivity index (χ1v) is 13.8. The average Bonchev–Trinajstić information content (AvgIpc) is 3.46. The van der Waals surface area contributed by atoms with Crippen molar-refractivity contribution in [3.05, 3.63) is 16.2 Å². The molecular formula is C19H25ClN3O7PS. The number of rotatable bonds is 6. The number of aliphatic hydroxyl groups excluding tert-OH is 2. The third kappa shape index (κ3) is 4.31. The Morgan fingerprint density at radius 2 is 2.00 bits per heavy atom. The number of hydrogen-bond donors (Lipinski definition) is 3. The SMILES string of the molecule is CP(=O)(O)OOC[C@H]1O[C@H](c2csc3c(N4CC5CCCC5C4)nc(Cl)nc23)[C@H](O)[C@@H]1O. The van der Waals surface area contributed by atoms with Gasteiger partial charge in [0.15, 0.2) is 5.82 Å². The number of aromatic nitrogens is 2. The highest BCUT2D eigenvalue weighted by atomic mass is 35.5. The molecule has 0 amide bonds. The molecule has 2 saturated heterocycles. The third-order valence-corrected chi connectivity index (χ3v) is 8.05. The number of aliphatic hydroxyl groups is 2. The molecule has 2 aromatic heterocycles. The minimum absolute atomic E-state index is 0.118. The third-order valence-electron chi connectivity index (χ3n) is 6.52. The Labute approximate surface area is 193 Å². The molecule has 3 N–H and O–H groups in total. The van der Waals surface area contributed by atoms with Gasteiger partial charge in [0.25, 0.3) is 0 Å². The number of ether oxygens (including phenoxy) is 1. The molecule has 7 atom stereocenters. The van der Waals surface area contributed by atoms with E-state index in [0.29, 0.717) is 22.9 Å². The van der Waals surface area contributed by atoms with E-state index in [4.69, 9.17) is 26.1 Å². The lowest BCUT2D eigenvalue weighted by Crippen LogP contribution is -2.33. The average molecular weight is 506 g/mol. The van der Waals surface area contributed by atoms with Gasteiger partial charge in [-0.15, -0.1) is 16.0 Å². The van der Waals surface area contributed by atoms with Crippen LogP contribution in [0.25, 0.3) is 10.2 Å². The van der Waals surface area contributed by atoms with Crippen molar-refractivity contribution in [1.82, 2.24) is 9.97 Å². The predicted octanol–water partition coefficient (Wildman–Crippen LogP) is 2.51. The van der Waals surface area contributed by atoms with Crippen LogP contribution in [0.15, 0.2) is 5.38 Å². The Balaban J connectivity index is 1.39.